The maximum absolute atomic E-state index is 12.7. The van der Waals surface area contributed by atoms with Gasteiger partial charge in [0, 0.05) is 37.9 Å². The first-order valence-corrected chi connectivity index (χ1v) is 15.8. The third-order valence-electron chi connectivity index (χ3n) is 12.6. The number of hydrogen-bond acceptors (Lipinski definition) is 10. The van der Waals surface area contributed by atoms with Crippen molar-refractivity contribution in [3.63, 3.8) is 0 Å². The predicted molar refractivity (Wildman–Crippen MR) is 149 cm³/mol. The van der Waals surface area contributed by atoms with Crippen LogP contribution in [0.3, 0.4) is 0 Å². The lowest BCUT2D eigenvalue weighted by Gasteiger charge is -2.63. The zero-order valence-electron chi connectivity index (χ0n) is 25.5. The van der Waals surface area contributed by atoms with Crippen molar-refractivity contribution in [2.75, 3.05) is 13.7 Å². The van der Waals surface area contributed by atoms with Gasteiger partial charge in [-0.2, -0.15) is 0 Å². The lowest BCUT2D eigenvalue weighted by atomic mass is 9.43. The van der Waals surface area contributed by atoms with Gasteiger partial charge in [-0.15, -0.1) is 0 Å². The highest BCUT2D eigenvalue weighted by molar-refractivity contribution is 5.85. The van der Waals surface area contributed by atoms with Gasteiger partial charge < -0.3 is 39.0 Å². The Balaban J connectivity index is 1.20. The van der Waals surface area contributed by atoms with Crippen molar-refractivity contribution in [3.8, 4) is 0 Å². The number of esters is 2. The van der Waals surface area contributed by atoms with Crippen molar-refractivity contribution in [1.29, 1.82) is 0 Å². The zero-order valence-corrected chi connectivity index (χ0v) is 25.5. The summed E-state index contributed by atoms with van der Waals surface area (Å²) in [6.07, 6.45) is 3.36. The van der Waals surface area contributed by atoms with Crippen LogP contribution < -0.4 is 0 Å². The Morgan fingerprint density at radius 2 is 1.83 bits per heavy atom. The van der Waals surface area contributed by atoms with E-state index >= 15 is 0 Å². The van der Waals surface area contributed by atoms with E-state index in [1.54, 1.807) is 6.92 Å². The number of fused-ring (bicyclic) bond motifs is 5. The van der Waals surface area contributed by atoms with Gasteiger partial charge in [-0.1, -0.05) is 13.8 Å². The van der Waals surface area contributed by atoms with Gasteiger partial charge in [0.25, 0.3) is 0 Å². The molecule has 6 rings (SSSR count). The highest BCUT2D eigenvalue weighted by Crippen LogP contribution is 2.70. The molecule has 5 fully saturated rings. The quantitative estimate of drug-likeness (QED) is 0.322. The van der Waals surface area contributed by atoms with Gasteiger partial charge >= 0.3 is 11.9 Å². The zero-order chi connectivity index (χ0) is 30.2. The lowest BCUT2D eigenvalue weighted by Crippen LogP contribution is -2.62. The number of cyclic esters (lactones) is 1. The molecule has 1 saturated heterocycles. The number of aliphatic hydroxyl groups is 3. The summed E-state index contributed by atoms with van der Waals surface area (Å²) < 4.78 is 28.7. The highest BCUT2D eigenvalue weighted by Gasteiger charge is 2.71. The van der Waals surface area contributed by atoms with E-state index in [0.717, 1.165) is 50.5 Å². The van der Waals surface area contributed by atoms with E-state index in [0.29, 0.717) is 18.3 Å². The van der Waals surface area contributed by atoms with Crippen LogP contribution in [0.2, 0.25) is 0 Å². The van der Waals surface area contributed by atoms with E-state index in [4.69, 9.17) is 23.7 Å². The molecule has 0 radical (unpaired) electrons. The van der Waals surface area contributed by atoms with Crippen molar-refractivity contribution < 1.29 is 48.6 Å². The second-order valence-corrected chi connectivity index (χ2v) is 14.5. The van der Waals surface area contributed by atoms with Gasteiger partial charge in [0.2, 0.25) is 0 Å². The van der Waals surface area contributed by atoms with Gasteiger partial charge in [-0.3, -0.25) is 4.79 Å². The number of methoxy groups -OCH3 is 1. The first-order valence-electron chi connectivity index (χ1n) is 15.8. The molecule has 42 heavy (non-hydrogen) atoms. The van der Waals surface area contributed by atoms with Gasteiger partial charge in [0.05, 0.1) is 17.8 Å². The molecule has 3 N–H and O–H groups in total. The summed E-state index contributed by atoms with van der Waals surface area (Å²) in [5.74, 6) is -0.234. The summed E-state index contributed by atoms with van der Waals surface area (Å²) in [6.45, 7) is 7.85. The average Bonchev–Trinajstić information content (AvgIpc) is 3.44. The molecule has 10 nitrogen and oxygen atoms in total. The van der Waals surface area contributed by atoms with Crippen molar-refractivity contribution in [1.82, 2.24) is 0 Å². The van der Waals surface area contributed by atoms with Gasteiger partial charge in [0.15, 0.2) is 6.29 Å². The Hall–Kier alpha value is -1.56. The number of carbonyl (C=O) groups excluding carboxylic acids is 2. The normalized spacial score (nSPS) is 52.0. The molecule has 6 aliphatic rings. The topological polar surface area (TPSA) is 141 Å². The van der Waals surface area contributed by atoms with E-state index in [1.807, 2.05) is 0 Å². The first kappa shape index (κ1) is 30.5. The van der Waals surface area contributed by atoms with Crippen molar-refractivity contribution in [3.05, 3.63) is 11.6 Å². The van der Waals surface area contributed by atoms with Crippen LogP contribution in [0, 0.1) is 34.5 Å². The summed E-state index contributed by atoms with van der Waals surface area (Å²) in [5.41, 5.74) is -0.720. The largest absolute Gasteiger partial charge is 0.462 e. The monoisotopic (exact) mass is 592 g/mol. The number of rotatable bonds is 5. The molecule has 0 aromatic carbocycles. The molecule has 4 saturated carbocycles. The van der Waals surface area contributed by atoms with Crippen LogP contribution >= 0.6 is 0 Å². The second-order valence-electron chi connectivity index (χ2n) is 14.5. The third kappa shape index (κ3) is 4.58. The minimum Gasteiger partial charge on any atom is -0.462 e. The molecule has 2 heterocycles. The van der Waals surface area contributed by atoms with Gasteiger partial charge in [0.1, 0.15) is 31.0 Å². The van der Waals surface area contributed by atoms with Crippen molar-refractivity contribution >= 4 is 11.9 Å². The first-order chi connectivity index (χ1) is 19.8. The predicted octanol–water partition coefficient (Wildman–Crippen LogP) is 2.65. The molecular weight excluding hydrogens is 544 g/mol. The van der Waals surface area contributed by atoms with E-state index in [2.05, 4.69) is 13.8 Å². The third-order valence-corrected chi connectivity index (χ3v) is 12.6. The molecule has 0 spiro atoms. The van der Waals surface area contributed by atoms with Crippen molar-refractivity contribution in [2.24, 2.45) is 34.5 Å². The molecular formula is C32H48O10. The molecule has 0 aromatic rings. The van der Waals surface area contributed by atoms with E-state index < -0.39 is 47.8 Å². The molecule has 14 atom stereocenters. The van der Waals surface area contributed by atoms with Crippen molar-refractivity contribution in [2.45, 2.75) is 128 Å². The number of hydrogen-bond donors (Lipinski definition) is 3. The SMILES string of the molecule is CO[C@@H]1[C@H](O)[C@H](O[C@@H]2CC[C@@]3(C)[C@H](CC[C@@H]4[C@@H]3CC[C@]3(C)[C@@H](C5=CC(=O)OC5)[C@@H](OC(C)=O)C[C@@]43O)C2)O[C@@H](C)[C@H]1O. The molecule has 4 aliphatic carbocycles. The molecule has 2 aliphatic heterocycles. The van der Waals surface area contributed by atoms with E-state index in [-0.39, 0.29) is 41.9 Å². The van der Waals surface area contributed by atoms with Crippen LogP contribution in [-0.2, 0) is 33.3 Å². The average molecular weight is 593 g/mol. The Bertz CT molecular complexity index is 1110. The smallest absolute Gasteiger partial charge is 0.331 e. The fourth-order valence-corrected chi connectivity index (χ4v) is 10.4. The second kappa shape index (κ2) is 10.8. The highest BCUT2D eigenvalue weighted by atomic mass is 16.7. The maximum Gasteiger partial charge on any atom is 0.331 e. The molecule has 10 heteroatoms. The molecule has 0 unspecified atom stereocenters. The van der Waals surface area contributed by atoms with Crippen LogP contribution in [0.15, 0.2) is 11.6 Å². The van der Waals surface area contributed by atoms with Crippen LogP contribution in [0.4, 0.5) is 0 Å². The minimum atomic E-state index is -1.08. The fourth-order valence-electron chi connectivity index (χ4n) is 10.4. The van der Waals surface area contributed by atoms with Crippen LogP contribution in [0.25, 0.3) is 0 Å². The Morgan fingerprint density at radius 1 is 1.07 bits per heavy atom. The molecule has 0 aromatic heterocycles. The van der Waals surface area contributed by atoms with Gasteiger partial charge in [-0.05, 0) is 80.6 Å². The van der Waals surface area contributed by atoms with E-state index in [9.17, 15) is 24.9 Å². The standard InChI is InChI=1S/C32H48O10/c1-16-26(35)28(38-5)27(36)29(40-16)42-20-8-10-30(3)19(13-20)6-7-22-21(30)9-11-31(4)25(18-12-24(34)39-15-18)23(41-17(2)33)14-32(22,31)37/h12,16,19-23,25-29,35-37H,6-11,13-15H2,1-5H3/t16-,19+,20+,21-,22+,23-,25-,26+,27-,28-,29-,30-,31+,32+/m0/s1. The van der Waals surface area contributed by atoms with Crippen LogP contribution in [0.5, 0.6) is 0 Å². The Morgan fingerprint density at radius 3 is 2.50 bits per heavy atom. The molecule has 236 valence electrons. The summed E-state index contributed by atoms with van der Waals surface area (Å²) in [4.78, 5) is 24.2. The van der Waals surface area contributed by atoms with Crippen LogP contribution in [0.1, 0.15) is 79.1 Å². The number of aliphatic hydroxyl groups excluding tert-OH is 2. The lowest BCUT2D eigenvalue weighted by molar-refractivity contribution is -0.313. The van der Waals surface area contributed by atoms with Crippen LogP contribution in [-0.4, -0.2) is 89.5 Å². The summed E-state index contributed by atoms with van der Waals surface area (Å²) in [6, 6.07) is 0. The maximum atomic E-state index is 12.7. The summed E-state index contributed by atoms with van der Waals surface area (Å²) >= 11 is 0. The fraction of sp³-hybridized carbons (Fsp3) is 0.875. The summed E-state index contributed by atoms with van der Waals surface area (Å²) in [5, 5.41) is 33.8. The Labute approximate surface area is 248 Å². The molecule has 0 bridgehead atoms. The number of carbonyl (C=O) groups is 2. The summed E-state index contributed by atoms with van der Waals surface area (Å²) in [7, 11) is 1.47. The van der Waals surface area contributed by atoms with Gasteiger partial charge in [-0.25, -0.2) is 4.79 Å². The minimum absolute atomic E-state index is 0.0190. The van der Waals surface area contributed by atoms with E-state index in [1.165, 1.54) is 20.1 Å². The number of ether oxygens (including phenoxy) is 5. The Kier molecular flexibility index (Phi) is 7.84. The molecule has 0 amide bonds.